The minimum Gasteiger partial charge on any atom is -0.369 e. The number of carbonyl (C=O) groups is 1. The second-order valence-electron chi connectivity index (χ2n) is 4.87. The van der Waals surface area contributed by atoms with Crippen LogP contribution in [0.2, 0.25) is 0 Å². The van der Waals surface area contributed by atoms with Crippen LogP contribution >= 0.6 is 0 Å². The zero-order valence-electron chi connectivity index (χ0n) is 11.5. The van der Waals surface area contributed by atoms with Gasteiger partial charge in [0.25, 0.3) is 0 Å². The molecule has 0 radical (unpaired) electrons. The van der Waals surface area contributed by atoms with Gasteiger partial charge in [-0.25, -0.2) is 0 Å². The average molecular weight is 228 g/mol. The summed E-state index contributed by atoms with van der Waals surface area (Å²) >= 11 is 0. The molecule has 0 spiro atoms. The van der Waals surface area contributed by atoms with Crippen LogP contribution in [0, 0.1) is 5.41 Å². The Bertz CT molecular complexity index is 216. The molecule has 0 aliphatic heterocycles. The van der Waals surface area contributed by atoms with Gasteiger partial charge in [-0.1, -0.05) is 33.6 Å². The van der Waals surface area contributed by atoms with E-state index in [1.165, 1.54) is 0 Å². The van der Waals surface area contributed by atoms with Gasteiger partial charge in [-0.05, 0) is 33.4 Å². The largest absolute Gasteiger partial charge is 0.369 e. The van der Waals surface area contributed by atoms with Crippen molar-refractivity contribution in [3.8, 4) is 0 Å². The van der Waals surface area contributed by atoms with Crippen molar-refractivity contribution in [2.75, 3.05) is 14.1 Å². The third-order valence-electron chi connectivity index (χ3n) is 3.75. The van der Waals surface area contributed by atoms with Gasteiger partial charge < -0.3 is 10.6 Å². The third-order valence-corrected chi connectivity index (χ3v) is 3.75. The van der Waals surface area contributed by atoms with Crippen LogP contribution in [-0.4, -0.2) is 30.9 Å². The zero-order valence-corrected chi connectivity index (χ0v) is 11.5. The van der Waals surface area contributed by atoms with E-state index in [0.29, 0.717) is 0 Å². The lowest BCUT2D eigenvalue weighted by Gasteiger charge is -2.41. The maximum Gasteiger partial charge on any atom is 0.225 e. The molecule has 0 aromatic heterocycles. The Labute approximate surface area is 100 Å². The Morgan fingerprint density at radius 3 is 2.12 bits per heavy atom. The third kappa shape index (κ3) is 3.21. The molecule has 0 rings (SSSR count). The van der Waals surface area contributed by atoms with Crippen LogP contribution < -0.4 is 5.73 Å². The van der Waals surface area contributed by atoms with Crippen LogP contribution in [0.15, 0.2) is 0 Å². The van der Waals surface area contributed by atoms with Crippen LogP contribution in [0.3, 0.4) is 0 Å². The maximum atomic E-state index is 11.9. The van der Waals surface area contributed by atoms with Gasteiger partial charge in [0.05, 0.1) is 5.41 Å². The molecule has 0 aliphatic rings. The Balaban J connectivity index is 5.06. The molecular weight excluding hydrogens is 200 g/mol. The van der Waals surface area contributed by atoms with Crippen molar-refractivity contribution < 1.29 is 4.79 Å². The summed E-state index contributed by atoms with van der Waals surface area (Å²) in [5.74, 6) is -0.135. The number of primary amides is 1. The fourth-order valence-electron chi connectivity index (χ4n) is 2.78. The molecule has 3 heteroatoms. The number of amides is 1. The first-order valence-corrected chi connectivity index (χ1v) is 6.42. The standard InChI is InChI=1S/C13H28N2O/c1-6-9-10-13(8-3,12(14)16)11(7-2)15(4)5/h11H,6-10H2,1-5H3,(H2,14,16). The lowest BCUT2D eigenvalue weighted by atomic mass is 9.71. The first-order chi connectivity index (χ1) is 7.46. The number of unbranched alkanes of at least 4 members (excludes halogenated alkanes) is 1. The second-order valence-corrected chi connectivity index (χ2v) is 4.87. The summed E-state index contributed by atoms with van der Waals surface area (Å²) in [5.41, 5.74) is 5.32. The average Bonchev–Trinajstić information content (AvgIpc) is 2.23. The number of hydrogen-bond acceptors (Lipinski definition) is 2. The molecule has 16 heavy (non-hydrogen) atoms. The molecule has 0 aromatic rings. The van der Waals surface area contributed by atoms with Gasteiger partial charge in [-0.15, -0.1) is 0 Å². The number of rotatable bonds is 8. The minimum absolute atomic E-state index is 0.135. The van der Waals surface area contributed by atoms with Gasteiger partial charge in [0.1, 0.15) is 0 Å². The molecular formula is C13H28N2O. The summed E-state index contributed by atoms with van der Waals surface area (Å²) in [6.45, 7) is 6.36. The highest BCUT2D eigenvalue weighted by Gasteiger charge is 2.42. The SMILES string of the molecule is CCCCC(CC)(C(N)=O)C(CC)N(C)C. The van der Waals surface area contributed by atoms with Crippen LogP contribution in [0.25, 0.3) is 0 Å². The molecule has 2 unspecified atom stereocenters. The van der Waals surface area contributed by atoms with Crippen molar-refractivity contribution >= 4 is 5.91 Å². The van der Waals surface area contributed by atoms with E-state index in [1.54, 1.807) is 0 Å². The van der Waals surface area contributed by atoms with Crippen LogP contribution in [0.1, 0.15) is 52.9 Å². The Hall–Kier alpha value is -0.570. The predicted octanol–water partition coefficient (Wildman–Crippen LogP) is 2.40. The molecule has 0 bridgehead atoms. The topological polar surface area (TPSA) is 46.3 Å². The van der Waals surface area contributed by atoms with Crippen molar-refractivity contribution in [3.63, 3.8) is 0 Å². The molecule has 3 nitrogen and oxygen atoms in total. The summed E-state index contributed by atoms with van der Waals surface area (Å²) in [4.78, 5) is 14.0. The first kappa shape index (κ1) is 15.4. The van der Waals surface area contributed by atoms with E-state index < -0.39 is 0 Å². The van der Waals surface area contributed by atoms with E-state index in [1.807, 2.05) is 14.1 Å². The highest BCUT2D eigenvalue weighted by molar-refractivity contribution is 5.81. The predicted molar refractivity (Wildman–Crippen MR) is 69.2 cm³/mol. The molecule has 0 heterocycles. The van der Waals surface area contributed by atoms with Crippen molar-refractivity contribution in [2.24, 2.45) is 11.1 Å². The number of carbonyl (C=O) groups excluding carboxylic acids is 1. The summed E-state index contributed by atoms with van der Waals surface area (Å²) in [7, 11) is 4.07. The smallest absolute Gasteiger partial charge is 0.225 e. The van der Waals surface area contributed by atoms with E-state index >= 15 is 0 Å². The normalized spacial score (nSPS) is 17.1. The molecule has 0 aromatic carbocycles. The molecule has 2 atom stereocenters. The highest BCUT2D eigenvalue weighted by Crippen LogP contribution is 2.36. The fraction of sp³-hybridized carbons (Fsp3) is 0.923. The summed E-state index contributed by atoms with van der Waals surface area (Å²) in [6.07, 6.45) is 4.89. The number of hydrogen-bond donors (Lipinski definition) is 1. The number of nitrogens with zero attached hydrogens (tertiary/aromatic N) is 1. The van der Waals surface area contributed by atoms with Crippen LogP contribution in [-0.2, 0) is 4.79 Å². The van der Waals surface area contributed by atoms with Crippen molar-refractivity contribution in [1.29, 1.82) is 0 Å². The quantitative estimate of drug-likeness (QED) is 0.693. The van der Waals surface area contributed by atoms with Crippen LogP contribution in [0.5, 0.6) is 0 Å². The Morgan fingerprint density at radius 2 is 1.88 bits per heavy atom. The summed E-state index contributed by atoms with van der Waals surface area (Å²) in [5, 5.41) is 0. The molecule has 0 saturated heterocycles. The Morgan fingerprint density at radius 1 is 1.31 bits per heavy atom. The minimum atomic E-state index is -0.353. The molecule has 96 valence electrons. The van der Waals surface area contributed by atoms with Crippen molar-refractivity contribution in [3.05, 3.63) is 0 Å². The second kappa shape index (κ2) is 6.89. The van der Waals surface area contributed by atoms with Crippen molar-refractivity contribution in [2.45, 2.75) is 58.9 Å². The highest BCUT2D eigenvalue weighted by atomic mass is 16.1. The zero-order chi connectivity index (χ0) is 12.8. The Kier molecular flexibility index (Phi) is 6.65. The van der Waals surface area contributed by atoms with E-state index in [9.17, 15) is 4.79 Å². The molecule has 2 N–H and O–H groups in total. The number of nitrogens with two attached hydrogens (primary N) is 1. The van der Waals surface area contributed by atoms with Gasteiger partial charge in [-0.3, -0.25) is 4.79 Å². The van der Waals surface area contributed by atoms with Gasteiger partial charge in [0, 0.05) is 6.04 Å². The van der Waals surface area contributed by atoms with E-state index in [0.717, 1.165) is 32.1 Å². The molecule has 0 aliphatic carbocycles. The fourth-order valence-corrected chi connectivity index (χ4v) is 2.78. The molecule has 1 amide bonds. The maximum absolute atomic E-state index is 11.9. The van der Waals surface area contributed by atoms with E-state index in [2.05, 4.69) is 25.7 Å². The first-order valence-electron chi connectivity index (χ1n) is 6.42. The lowest BCUT2D eigenvalue weighted by molar-refractivity contribution is -0.132. The van der Waals surface area contributed by atoms with Gasteiger partial charge in [0.2, 0.25) is 5.91 Å². The lowest BCUT2D eigenvalue weighted by Crippen LogP contribution is -2.51. The van der Waals surface area contributed by atoms with Crippen LogP contribution in [0.4, 0.5) is 0 Å². The van der Waals surface area contributed by atoms with Gasteiger partial charge in [0.15, 0.2) is 0 Å². The summed E-state index contributed by atoms with van der Waals surface area (Å²) < 4.78 is 0. The van der Waals surface area contributed by atoms with E-state index in [4.69, 9.17) is 5.73 Å². The monoisotopic (exact) mass is 228 g/mol. The molecule has 0 saturated carbocycles. The van der Waals surface area contributed by atoms with E-state index in [-0.39, 0.29) is 17.4 Å². The van der Waals surface area contributed by atoms with Crippen molar-refractivity contribution in [1.82, 2.24) is 4.90 Å². The molecule has 0 fully saturated rings. The summed E-state index contributed by atoms with van der Waals surface area (Å²) in [6, 6.07) is 0.251. The van der Waals surface area contributed by atoms with Gasteiger partial charge >= 0.3 is 0 Å². The van der Waals surface area contributed by atoms with Gasteiger partial charge in [-0.2, -0.15) is 0 Å².